The maximum Gasteiger partial charge on any atom is 0.254 e. The Morgan fingerprint density at radius 3 is 1.48 bits per heavy atom. The van der Waals surface area contributed by atoms with Crippen LogP contribution in [0, 0.1) is 0 Å². The number of rotatable bonds is 8. The number of nitrogens with zero attached hydrogens (tertiary/aromatic N) is 2. The third kappa shape index (κ3) is 4.47. The third-order valence-electron chi connectivity index (χ3n) is 4.13. The van der Waals surface area contributed by atoms with Crippen LogP contribution < -0.4 is 10.6 Å². The van der Waals surface area contributed by atoms with Crippen LogP contribution in [-0.2, 0) is 19.2 Å². The fraction of sp³-hybridized carbons (Fsp3) is 0.375. The standard InChI is InChI=1S/C16H16N4O4S3/c1-7-9(13(23)17-11(7)21)3-5-25-15-19-20-16(27-15)26-6-4-10-8(2)12(22)18-14(10)24/h3-6H2,1-2H3,(H,17,21,23)(H,18,22,24). The van der Waals surface area contributed by atoms with Gasteiger partial charge in [0.15, 0.2) is 8.68 Å². The van der Waals surface area contributed by atoms with Crippen LogP contribution in [0.4, 0.5) is 0 Å². The Hall–Kier alpha value is -1.98. The maximum absolute atomic E-state index is 11.7. The van der Waals surface area contributed by atoms with Crippen molar-refractivity contribution in [2.45, 2.75) is 35.4 Å². The van der Waals surface area contributed by atoms with Crippen LogP contribution in [0.15, 0.2) is 31.0 Å². The monoisotopic (exact) mass is 424 g/mol. The topological polar surface area (TPSA) is 118 Å². The Bertz CT molecular complexity index is 833. The van der Waals surface area contributed by atoms with E-state index in [0.717, 1.165) is 8.68 Å². The summed E-state index contributed by atoms with van der Waals surface area (Å²) in [5.41, 5.74) is 2.01. The number of carbonyl (C=O) groups is 4. The van der Waals surface area contributed by atoms with E-state index in [0.29, 0.717) is 46.6 Å². The highest BCUT2D eigenvalue weighted by Gasteiger charge is 2.27. The van der Waals surface area contributed by atoms with Gasteiger partial charge in [0.2, 0.25) is 0 Å². The molecule has 2 N–H and O–H groups in total. The zero-order valence-corrected chi connectivity index (χ0v) is 17.0. The summed E-state index contributed by atoms with van der Waals surface area (Å²) in [6.07, 6.45) is 0.986. The summed E-state index contributed by atoms with van der Waals surface area (Å²) in [4.78, 5) is 46.1. The summed E-state index contributed by atoms with van der Waals surface area (Å²) in [5.74, 6) is -0.0197. The molecule has 2 aliphatic heterocycles. The fourth-order valence-corrected chi connectivity index (χ4v) is 5.63. The third-order valence-corrected chi connectivity index (χ3v) is 7.33. The van der Waals surface area contributed by atoms with E-state index in [1.165, 1.54) is 34.9 Å². The van der Waals surface area contributed by atoms with Crippen molar-refractivity contribution in [3.8, 4) is 0 Å². The van der Waals surface area contributed by atoms with Gasteiger partial charge in [0.05, 0.1) is 0 Å². The first-order chi connectivity index (χ1) is 12.9. The predicted octanol–water partition coefficient (Wildman–Crippen LogP) is 1.45. The number of aromatic nitrogens is 2. The second kappa shape index (κ2) is 8.36. The molecule has 0 radical (unpaired) electrons. The van der Waals surface area contributed by atoms with Crippen LogP contribution in [0.1, 0.15) is 26.7 Å². The largest absolute Gasteiger partial charge is 0.289 e. The Morgan fingerprint density at radius 1 is 0.741 bits per heavy atom. The number of hydrogen-bond donors (Lipinski definition) is 2. The average molecular weight is 425 g/mol. The van der Waals surface area contributed by atoms with Gasteiger partial charge < -0.3 is 0 Å². The van der Waals surface area contributed by atoms with Crippen LogP contribution in [0.3, 0.4) is 0 Å². The molecule has 4 amide bonds. The van der Waals surface area contributed by atoms with E-state index in [1.807, 2.05) is 0 Å². The van der Waals surface area contributed by atoms with E-state index in [4.69, 9.17) is 0 Å². The molecule has 1 aromatic rings. The number of amides is 4. The van der Waals surface area contributed by atoms with Crippen molar-refractivity contribution in [2.24, 2.45) is 0 Å². The molecule has 0 aliphatic carbocycles. The lowest BCUT2D eigenvalue weighted by molar-refractivity contribution is -0.125. The van der Waals surface area contributed by atoms with E-state index < -0.39 is 0 Å². The summed E-state index contributed by atoms with van der Waals surface area (Å²) in [7, 11) is 0. The van der Waals surface area contributed by atoms with Crippen molar-refractivity contribution >= 4 is 58.5 Å². The van der Waals surface area contributed by atoms with Crippen molar-refractivity contribution in [3.63, 3.8) is 0 Å². The first-order valence-electron chi connectivity index (χ1n) is 8.06. The molecule has 0 spiro atoms. The summed E-state index contributed by atoms with van der Waals surface area (Å²) >= 11 is 4.40. The fourth-order valence-electron chi connectivity index (χ4n) is 2.56. The van der Waals surface area contributed by atoms with Crippen molar-refractivity contribution in [2.75, 3.05) is 11.5 Å². The molecule has 2 aliphatic rings. The number of carbonyl (C=O) groups excluding carboxylic acids is 4. The van der Waals surface area contributed by atoms with E-state index >= 15 is 0 Å². The minimum absolute atomic E-state index is 0.314. The van der Waals surface area contributed by atoms with Gasteiger partial charge in [-0.15, -0.1) is 10.2 Å². The lowest BCUT2D eigenvalue weighted by Gasteiger charge is -1.99. The Kier molecular flexibility index (Phi) is 6.12. The zero-order valence-electron chi connectivity index (χ0n) is 14.6. The normalized spacial score (nSPS) is 17.3. The molecule has 0 saturated carbocycles. The molecule has 0 fully saturated rings. The van der Waals surface area contributed by atoms with Crippen molar-refractivity contribution in [1.82, 2.24) is 20.8 Å². The molecule has 27 heavy (non-hydrogen) atoms. The summed E-state index contributed by atoms with van der Waals surface area (Å²) in [5, 5.41) is 12.8. The molecule has 0 saturated heterocycles. The smallest absolute Gasteiger partial charge is 0.254 e. The molecule has 3 heterocycles. The molecular formula is C16H16N4O4S3. The SMILES string of the molecule is CC1=C(CCSc2nnc(SCCC3=C(C)C(=O)NC3=O)s2)C(=O)NC1=O. The second-order valence-electron chi connectivity index (χ2n) is 5.80. The van der Waals surface area contributed by atoms with Crippen molar-refractivity contribution in [1.29, 1.82) is 0 Å². The number of nitrogens with one attached hydrogen (secondary N) is 2. The van der Waals surface area contributed by atoms with E-state index in [2.05, 4.69) is 20.8 Å². The first-order valence-corrected chi connectivity index (χ1v) is 10.9. The molecule has 0 bridgehead atoms. The zero-order chi connectivity index (χ0) is 19.6. The molecular weight excluding hydrogens is 408 g/mol. The Morgan fingerprint density at radius 2 is 1.15 bits per heavy atom. The highest BCUT2D eigenvalue weighted by molar-refractivity contribution is 8.03. The van der Waals surface area contributed by atoms with Crippen LogP contribution in [-0.4, -0.2) is 45.3 Å². The van der Waals surface area contributed by atoms with Gasteiger partial charge in [-0.3, -0.25) is 29.8 Å². The minimum Gasteiger partial charge on any atom is -0.289 e. The van der Waals surface area contributed by atoms with E-state index in [-0.39, 0.29) is 23.6 Å². The first kappa shape index (κ1) is 19.8. The van der Waals surface area contributed by atoms with Gasteiger partial charge in [-0.1, -0.05) is 34.9 Å². The molecule has 3 rings (SSSR count). The van der Waals surface area contributed by atoms with Crippen LogP contribution in [0.2, 0.25) is 0 Å². The van der Waals surface area contributed by atoms with Gasteiger partial charge in [0, 0.05) is 33.8 Å². The van der Waals surface area contributed by atoms with Gasteiger partial charge in [0.25, 0.3) is 23.6 Å². The molecule has 142 valence electrons. The van der Waals surface area contributed by atoms with Gasteiger partial charge in [-0.05, 0) is 26.7 Å². The van der Waals surface area contributed by atoms with Crippen LogP contribution in [0.5, 0.6) is 0 Å². The Balaban J connectivity index is 1.45. The molecule has 0 aromatic carbocycles. The van der Waals surface area contributed by atoms with Crippen molar-refractivity contribution in [3.05, 3.63) is 22.3 Å². The summed E-state index contributed by atoms with van der Waals surface area (Å²) < 4.78 is 1.56. The van der Waals surface area contributed by atoms with Gasteiger partial charge >= 0.3 is 0 Å². The van der Waals surface area contributed by atoms with Gasteiger partial charge in [-0.2, -0.15) is 0 Å². The highest BCUT2D eigenvalue weighted by atomic mass is 32.2. The molecule has 0 unspecified atom stereocenters. The predicted molar refractivity (Wildman–Crippen MR) is 102 cm³/mol. The average Bonchev–Trinajstić information content (AvgIpc) is 3.24. The Labute approximate surface area is 167 Å². The lowest BCUT2D eigenvalue weighted by Crippen LogP contribution is -2.23. The number of thioether (sulfide) groups is 2. The van der Waals surface area contributed by atoms with E-state index in [1.54, 1.807) is 13.8 Å². The van der Waals surface area contributed by atoms with E-state index in [9.17, 15) is 19.2 Å². The van der Waals surface area contributed by atoms with Gasteiger partial charge in [-0.25, -0.2) is 0 Å². The summed E-state index contributed by atoms with van der Waals surface area (Å²) in [6.45, 7) is 3.30. The number of imide groups is 2. The number of hydrogen-bond acceptors (Lipinski definition) is 9. The second-order valence-corrected chi connectivity index (χ2v) is 9.47. The molecule has 0 atom stereocenters. The minimum atomic E-state index is -0.322. The van der Waals surface area contributed by atoms with Crippen LogP contribution >= 0.6 is 34.9 Å². The maximum atomic E-state index is 11.7. The highest BCUT2D eigenvalue weighted by Crippen LogP contribution is 2.31. The molecule has 8 nitrogen and oxygen atoms in total. The summed E-state index contributed by atoms with van der Waals surface area (Å²) in [6, 6.07) is 0. The van der Waals surface area contributed by atoms with Crippen LogP contribution in [0.25, 0.3) is 0 Å². The molecule has 11 heteroatoms. The van der Waals surface area contributed by atoms with Gasteiger partial charge in [0.1, 0.15) is 0 Å². The quantitative estimate of drug-likeness (QED) is 0.475. The lowest BCUT2D eigenvalue weighted by atomic mass is 10.1. The van der Waals surface area contributed by atoms with Crippen molar-refractivity contribution < 1.29 is 19.2 Å². The molecule has 1 aromatic heterocycles.